The van der Waals surface area contributed by atoms with Gasteiger partial charge in [-0.15, -0.1) is 0 Å². The average Bonchev–Trinajstić information content (AvgIpc) is 3.22. The lowest BCUT2D eigenvalue weighted by molar-refractivity contribution is 0.252. The molecule has 4 rings (SSSR count). The molecule has 0 aliphatic heterocycles. The molecule has 0 radical (unpaired) electrons. The van der Waals surface area contributed by atoms with E-state index in [9.17, 15) is 4.79 Å². The van der Waals surface area contributed by atoms with Crippen molar-refractivity contribution in [2.45, 2.75) is 26.3 Å². The Hall–Kier alpha value is -3.94. The van der Waals surface area contributed by atoms with Crippen LogP contribution in [0.15, 0.2) is 67.1 Å². The summed E-state index contributed by atoms with van der Waals surface area (Å²) in [4.78, 5) is 25.4. The largest absolute Gasteiger partial charge is 0.348 e. The van der Waals surface area contributed by atoms with Crippen molar-refractivity contribution in [3.8, 4) is 5.82 Å². The number of amides is 2. The van der Waals surface area contributed by atoms with E-state index in [0.717, 1.165) is 23.0 Å². The van der Waals surface area contributed by atoms with Gasteiger partial charge in [0.25, 0.3) is 0 Å². The van der Waals surface area contributed by atoms with E-state index in [-0.39, 0.29) is 12.1 Å². The number of anilines is 2. The highest BCUT2D eigenvalue weighted by atomic mass is 16.2. The number of hydrogen-bond acceptors (Lipinski definition) is 5. The SMILES string of the molecule is CCCNC(=O)Nc1ccc2c(c1)ncn2-c1ccnc(N[C@@H](C)c2ccccc2)n1. The van der Waals surface area contributed by atoms with E-state index >= 15 is 0 Å². The van der Waals surface area contributed by atoms with Gasteiger partial charge in [0, 0.05) is 18.4 Å². The molecular weight excluding hydrogens is 390 g/mol. The molecule has 0 bridgehead atoms. The lowest BCUT2D eigenvalue weighted by Crippen LogP contribution is -2.29. The second-order valence-corrected chi connectivity index (χ2v) is 7.21. The Morgan fingerprint density at radius 1 is 1.10 bits per heavy atom. The minimum absolute atomic E-state index is 0.0727. The summed E-state index contributed by atoms with van der Waals surface area (Å²) in [6.07, 6.45) is 4.33. The first-order valence-corrected chi connectivity index (χ1v) is 10.3. The average molecular weight is 416 g/mol. The Kier molecular flexibility index (Phi) is 6.07. The first kappa shape index (κ1) is 20.3. The molecule has 4 aromatic rings. The molecule has 158 valence electrons. The maximum atomic E-state index is 11.9. The zero-order valence-electron chi connectivity index (χ0n) is 17.5. The quantitative estimate of drug-likeness (QED) is 0.412. The zero-order valence-corrected chi connectivity index (χ0v) is 17.5. The first-order valence-electron chi connectivity index (χ1n) is 10.3. The Morgan fingerprint density at radius 2 is 1.94 bits per heavy atom. The monoisotopic (exact) mass is 415 g/mol. The van der Waals surface area contributed by atoms with Gasteiger partial charge < -0.3 is 16.0 Å². The molecule has 0 aliphatic rings. The molecule has 8 nitrogen and oxygen atoms in total. The van der Waals surface area contributed by atoms with Gasteiger partial charge in [0.05, 0.1) is 17.1 Å². The summed E-state index contributed by atoms with van der Waals surface area (Å²) in [5.74, 6) is 1.25. The molecule has 0 fully saturated rings. The Bertz CT molecular complexity index is 1170. The van der Waals surface area contributed by atoms with Crippen molar-refractivity contribution in [1.29, 1.82) is 0 Å². The van der Waals surface area contributed by atoms with Crippen LogP contribution in [-0.4, -0.2) is 32.1 Å². The number of aromatic nitrogens is 4. The van der Waals surface area contributed by atoms with E-state index in [2.05, 4.69) is 50.0 Å². The smallest absolute Gasteiger partial charge is 0.319 e. The van der Waals surface area contributed by atoms with Gasteiger partial charge in [0.2, 0.25) is 5.95 Å². The molecule has 0 unspecified atom stereocenters. The Balaban J connectivity index is 1.53. The minimum atomic E-state index is -0.223. The molecule has 0 saturated carbocycles. The number of hydrogen-bond donors (Lipinski definition) is 3. The van der Waals surface area contributed by atoms with E-state index in [4.69, 9.17) is 0 Å². The number of urea groups is 1. The Morgan fingerprint density at radius 3 is 2.74 bits per heavy atom. The summed E-state index contributed by atoms with van der Waals surface area (Å²) >= 11 is 0. The number of fused-ring (bicyclic) bond motifs is 1. The van der Waals surface area contributed by atoms with E-state index in [1.54, 1.807) is 12.5 Å². The molecule has 2 heterocycles. The lowest BCUT2D eigenvalue weighted by Gasteiger charge is -2.14. The number of imidazole rings is 1. The van der Waals surface area contributed by atoms with Crippen molar-refractivity contribution < 1.29 is 4.79 Å². The second kappa shape index (κ2) is 9.25. The fourth-order valence-electron chi connectivity index (χ4n) is 3.26. The highest BCUT2D eigenvalue weighted by Gasteiger charge is 2.11. The van der Waals surface area contributed by atoms with Crippen molar-refractivity contribution in [3.05, 3.63) is 72.7 Å². The fourth-order valence-corrected chi connectivity index (χ4v) is 3.26. The van der Waals surface area contributed by atoms with E-state index in [0.29, 0.717) is 24.0 Å². The first-order chi connectivity index (χ1) is 15.1. The van der Waals surface area contributed by atoms with Crippen molar-refractivity contribution in [2.24, 2.45) is 0 Å². The van der Waals surface area contributed by atoms with Gasteiger partial charge >= 0.3 is 6.03 Å². The number of carbonyl (C=O) groups excluding carboxylic acids is 1. The molecular formula is C23H25N7O. The van der Waals surface area contributed by atoms with Gasteiger partial charge in [-0.2, -0.15) is 4.98 Å². The van der Waals surface area contributed by atoms with Crippen LogP contribution in [0.25, 0.3) is 16.9 Å². The molecule has 2 aromatic heterocycles. The van der Waals surface area contributed by atoms with Crippen molar-refractivity contribution in [2.75, 3.05) is 17.2 Å². The van der Waals surface area contributed by atoms with Crippen LogP contribution in [0.1, 0.15) is 31.9 Å². The normalized spacial score (nSPS) is 11.8. The summed E-state index contributed by atoms with van der Waals surface area (Å²) in [5, 5.41) is 8.97. The zero-order chi connectivity index (χ0) is 21.6. The third-order valence-electron chi connectivity index (χ3n) is 4.87. The maximum Gasteiger partial charge on any atom is 0.319 e. The summed E-state index contributed by atoms with van der Waals surface area (Å²) < 4.78 is 1.90. The molecule has 2 aromatic carbocycles. The Labute approximate surface area is 180 Å². The van der Waals surface area contributed by atoms with Crippen LogP contribution in [-0.2, 0) is 0 Å². The maximum absolute atomic E-state index is 11.9. The molecule has 8 heteroatoms. The van der Waals surface area contributed by atoms with E-state index in [1.807, 2.05) is 54.0 Å². The van der Waals surface area contributed by atoms with Crippen LogP contribution < -0.4 is 16.0 Å². The lowest BCUT2D eigenvalue weighted by atomic mass is 10.1. The van der Waals surface area contributed by atoms with E-state index in [1.165, 1.54) is 0 Å². The van der Waals surface area contributed by atoms with Crippen LogP contribution in [0.4, 0.5) is 16.4 Å². The van der Waals surface area contributed by atoms with Crippen LogP contribution in [0.2, 0.25) is 0 Å². The molecule has 1 atom stereocenters. The number of benzene rings is 2. The predicted molar refractivity (Wildman–Crippen MR) is 122 cm³/mol. The third kappa shape index (κ3) is 4.80. The summed E-state index contributed by atoms with van der Waals surface area (Å²) in [6.45, 7) is 4.72. The summed E-state index contributed by atoms with van der Waals surface area (Å²) in [7, 11) is 0. The van der Waals surface area contributed by atoms with Gasteiger partial charge in [-0.1, -0.05) is 37.3 Å². The molecule has 0 spiro atoms. The van der Waals surface area contributed by atoms with Gasteiger partial charge in [0.15, 0.2) is 0 Å². The highest BCUT2D eigenvalue weighted by Crippen LogP contribution is 2.22. The van der Waals surface area contributed by atoms with Gasteiger partial charge in [0.1, 0.15) is 12.1 Å². The van der Waals surface area contributed by atoms with Gasteiger partial charge in [-0.25, -0.2) is 14.8 Å². The van der Waals surface area contributed by atoms with Crippen LogP contribution in [0, 0.1) is 0 Å². The number of rotatable bonds is 7. The van der Waals surface area contributed by atoms with Crippen molar-refractivity contribution in [1.82, 2.24) is 24.8 Å². The molecule has 2 amide bonds. The van der Waals surface area contributed by atoms with Crippen LogP contribution >= 0.6 is 0 Å². The number of nitrogens with one attached hydrogen (secondary N) is 3. The molecule has 31 heavy (non-hydrogen) atoms. The van der Waals surface area contributed by atoms with Gasteiger partial charge in [-0.3, -0.25) is 4.57 Å². The standard InChI is InChI=1S/C23H25N7O/c1-3-12-25-23(31)28-18-9-10-20-19(14-18)26-15-30(20)21-11-13-24-22(29-21)27-16(2)17-7-5-4-6-8-17/h4-11,13-16H,3,12H2,1-2H3,(H,24,27,29)(H2,25,28,31)/t16-/m0/s1. The molecule has 3 N–H and O–H groups in total. The third-order valence-corrected chi connectivity index (χ3v) is 4.87. The fraction of sp³-hybridized carbons (Fsp3) is 0.217. The highest BCUT2D eigenvalue weighted by molar-refractivity contribution is 5.92. The van der Waals surface area contributed by atoms with Crippen LogP contribution in [0.3, 0.4) is 0 Å². The second-order valence-electron chi connectivity index (χ2n) is 7.21. The summed E-state index contributed by atoms with van der Waals surface area (Å²) in [6, 6.07) is 17.5. The molecule has 0 saturated heterocycles. The number of carbonyl (C=O) groups is 1. The van der Waals surface area contributed by atoms with Crippen molar-refractivity contribution in [3.63, 3.8) is 0 Å². The van der Waals surface area contributed by atoms with Gasteiger partial charge in [-0.05, 0) is 43.2 Å². The minimum Gasteiger partial charge on any atom is -0.348 e. The molecule has 0 aliphatic carbocycles. The van der Waals surface area contributed by atoms with E-state index < -0.39 is 0 Å². The van der Waals surface area contributed by atoms with Crippen molar-refractivity contribution >= 4 is 28.7 Å². The van der Waals surface area contributed by atoms with Crippen LogP contribution in [0.5, 0.6) is 0 Å². The topological polar surface area (TPSA) is 96.8 Å². The summed E-state index contributed by atoms with van der Waals surface area (Å²) in [5.41, 5.74) is 3.50. The predicted octanol–water partition coefficient (Wildman–Crippen LogP) is 4.52. The number of nitrogens with zero attached hydrogens (tertiary/aromatic N) is 4.